The van der Waals surface area contributed by atoms with Crippen molar-refractivity contribution in [1.29, 1.82) is 0 Å². The van der Waals surface area contributed by atoms with Crippen LogP contribution in [0.15, 0.2) is 47.3 Å². The molecular formula is C24H26F3N3O4. The van der Waals surface area contributed by atoms with Crippen LogP contribution in [-0.4, -0.2) is 46.4 Å². The second-order valence-corrected chi connectivity index (χ2v) is 8.54. The van der Waals surface area contributed by atoms with Crippen LogP contribution in [0.3, 0.4) is 0 Å². The molecule has 3 aromatic rings. The van der Waals surface area contributed by atoms with Gasteiger partial charge in [-0.2, -0.15) is 13.2 Å². The first-order chi connectivity index (χ1) is 16.1. The molecule has 2 heterocycles. The third-order valence-corrected chi connectivity index (χ3v) is 5.94. The van der Waals surface area contributed by atoms with Gasteiger partial charge < -0.3 is 14.4 Å². The van der Waals surface area contributed by atoms with Gasteiger partial charge in [-0.25, -0.2) is 9.59 Å². The van der Waals surface area contributed by atoms with Crippen molar-refractivity contribution in [3.05, 3.63) is 64.1 Å². The van der Waals surface area contributed by atoms with Gasteiger partial charge in [0.15, 0.2) is 0 Å². The maximum absolute atomic E-state index is 13.6. The Balaban J connectivity index is 1.80. The lowest BCUT2D eigenvalue weighted by molar-refractivity contribution is -0.138. The van der Waals surface area contributed by atoms with Crippen LogP contribution in [-0.2, 0) is 17.5 Å². The average molecular weight is 477 g/mol. The van der Waals surface area contributed by atoms with Crippen LogP contribution in [0.2, 0.25) is 0 Å². The first kappa shape index (κ1) is 23.7. The number of ether oxygens (including phenoxy) is 2. The van der Waals surface area contributed by atoms with Gasteiger partial charge in [-0.05, 0) is 44.0 Å². The molecule has 0 bridgehead atoms. The number of alkyl halides is 3. The van der Waals surface area contributed by atoms with Gasteiger partial charge in [0.2, 0.25) is 0 Å². The number of amides is 1. The number of hydrogen-bond donors (Lipinski definition) is 0. The molecule has 34 heavy (non-hydrogen) atoms. The Morgan fingerprint density at radius 2 is 1.88 bits per heavy atom. The first-order valence-corrected chi connectivity index (χ1v) is 11.0. The number of halogens is 3. The standard InChI is InChI=1S/C24H26F3N3O4/c1-15(2)34-23(32)28-12-11-17(14-28)30-19-9-6-10-20(33-3)21(19)29(22(30)31)13-16-7-4-5-8-18(16)24(25,26)27/h4-10,15,17H,11-14H2,1-3H3/t17-/m1/s1. The number of benzene rings is 2. The van der Waals surface area contributed by atoms with Gasteiger partial charge >= 0.3 is 18.0 Å². The summed E-state index contributed by atoms with van der Waals surface area (Å²) < 4.78 is 54.4. The van der Waals surface area contributed by atoms with E-state index >= 15 is 0 Å². The fourth-order valence-electron chi connectivity index (χ4n) is 4.47. The zero-order valence-corrected chi connectivity index (χ0v) is 19.1. The molecule has 2 aromatic carbocycles. The number of imidazole rings is 1. The molecule has 1 aromatic heterocycles. The molecule has 0 spiro atoms. The molecule has 0 saturated carbocycles. The number of likely N-dealkylation sites (tertiary alicyclic amines) is 1. The van der Waals surface area contributed by atoms with Crippen LogP contribution in [0.5, 0.6) is 5.75 Å². The number of fused-ring (bicyclic) bond motifs is 1. The largest absolute Gasteiger partial charge is 0.494 e. The molecule has 1 aliphatic rings. The summed E-state index contributed by atoms with van der Waals surface area (Å²) in [6.45, 7) is 3.92. The number of methoxy groups -OCH3 is 1. The van der Waals surface area contributed by atoms with Gasteiger partial charge in [0.05, 0.1) is 36.9 Å². The molecule has 0 unspecified atom stereocenters. The van der Waals surface area contributed by atoms with E-state index in [0.29, 0.717) is 29.7 Å². The first-order valence-electron chi connectivity index (χ1n) is 11.0. The smallest absolute Gasteiger partial charge is 0.416 e. The van der Waals surface area contributed by atoms with E-state index in [4.69, 9.17) is 9.47 Å². The van der Waals surface area contributed by atoms with Gasteiger partial charge in [-0.1, -0.05) is 24.3 Å². The van der Waals surface area contributed by atoms with E-state index in [1.807, 2.05) is 0 Å². The molecule has 1 aliphatic heterocycles. The maximum Gasteiger partial charge on any atom is 0.416 e. The Labute approximate surface area is 194 Å². The summed E-state index contributed by atoms with van der Waals surface area (Å²) in [4.78, 5) is 27.5. The highest BCUT2D eigenvalue weighted by Gasteiger charge is 2.35. The molecular weight excluding hydrogens is 451 g/mol. The molecule has 10 heteroatoms. The summed E-state index contributed by atoms with van der Waals surface area (Å²) in [7, 11) is 1.45. The highest BCUT2D eigenvalue weighted by Crippen LogP contribution is 2.34. The van der Waals surface area contributed by atoms with Crippen LogP contribution in [0, 0.1) is 0 Å². The van der Waals surface area contributed by atoms with Crippen LogP contribution < -0.4 is 10.4 Å². The van der Waals surface area contributed by atoms with Crippen molar-refractivity contribution in [3.8, 4) is 5.75 Å². The van der Waals surface area contributed by atoms with Gasteiger partial charge in [-0.3, -0.25) is 9.13 Å². The fourth-order valence-corrected chi connectivity index (χ4v) is 4.47. The summed E-state index contributed by atoms with van der Waals surface area (Å²) in [6.07, 6.45) is -4.76. The molecule has 0 aliphatic carbocycles. The number of rotatable bonds is 5. The Morgan fingerprint density at radius 3 is 2.56 bits per heavy atom. The molecule has 182 valence electrons. The molecule has 1 atom stereocenters. The van der Waals surface area contributed by atoms with Crippen LogP contribution in [0.25, 0.3) is 11.0 Å². The maximum atomic E-state index is 13.6. The van der Waals surface area contributed by atoms with Crippen molar-refractivity contribution in [1.82, 2.24) is 14.0 Å². The molecule has 0 N–H and O–H groups in total. The van der Waals surface area contributed by atoms with E-state index in [1.165, 1.54) is 29.9 Å². The summed E-state index contributed by atoms with van der Waals surface area (Å²) in [6, 6.07) is 9.99. The zero-order valence-electron chi connectivity index (χ0n) is 19.1. The number of para-hydroxylation sites is 1. The minimum atomic E-state index is -4.55. The Hall–Kier alpha value is -3.43. The number of carbonyl (C=O) groups is 1. The third-order valence-electron chi connectivity index (χ3n) is 5.94. The van der Waals surface area contributed by atoms with Crippen molar-refractivity contribution >= 4 is 17.1 Å². The van der Waals surface area contributed by atoms with E-state index in [-0.39, 0.29) is 30.8 Å². The minimum Gasteiger partial charge on any atom is -0.494 e. The molecule has 1 fully saturated rings. The van der Waals surface area contributed by atoms with Gasteiger partial charge in [0.1, 0.15) is 11.3 Å². The summed E-state index contributed by atoms with van der Waals surface area (Å²) in [5, 5.41) is 0. The van der Waals surface area contributed by atoms with Gasteiger partial charge in [0.25, 0.3) is 0 Å². The third kappa shape index (κ3) is 4.36. The SMILES string of the molecule is COc1cccc2c1n(Cc1ccccc1C(F)(F)F)c(=O)n2[C@@H]1CCN(C(=O)OC(C)C)C1. The molecule has 1 amide bonds. The monoisotopic (exact) mass is 477 g/mol. The second-order valence-electron chi connectivity index (χ2n) is 8.54. The Morgan fingerprint density at radius 1 is 1.15 bits per heavy atom. The molecule has 4 rings (SSSR count). The van der Waals surface area contributed by atoms with Crippen molar-refractivity contribution < 1.29 is 27.4 Å². The zero-order chi connectivity index (χ0) is 24.6. The molecule has 0 radical (unpaired) electrons. The second kappa shape index (κ2) is 9.08. The number of hydrogen-bond acceptors (Lipinski definition) is 4. The summed E-state index contributed by atoms with van der Waals surface area (Å²) in [5.41, 5.74) is -0.314. The minimum absolute atomic E-state index is 0.0179. The number of carbonyl (C=O) groups excluding carboxylic acids is 1. The van der Waals surface area contributed by atoms with Crippen molar-refractivity contribution in [2.45, 2.75) is 45.1 Å². The fraction of sp³-hybridized carbons (Fsp3) is 0.417. The predicted octanol–water partition coefficient (Wildman–Crippen LogP) is 4.67. The predicted molar refractivity (Wildman–Crippen MR) is 120 cm³/mol. The number of nitrogens with zero attached hydrogens (tertiary/aromatic N) is 3. The average Bonchev–Trinajstić information content (AvgIpc) is 3.36. The van der Waals surface area contributed by atoms with E-state index in [9.17, 15) is 22.8 Å². The van der Waals surface area contributed by atoms with Crippen molar-refractivity contribution in [2.24, 2.45) is 0 Å². The van der Waals surface area contributed by atoms with Crippen LogP contribution >= 0.6 is 0 Å². The summed E-state index contributed by atoms with van der Waals surface area (Å²) >= 11 is 0. The van der Waals surface area contributed by atoms with E-state index in [1.54, 1.807) is 41.5 Å². The highest BCUT2D eigenvalue weighted by atomic mass is 19.4. The lowest BCUT2D eigenvalue weighted by Crippen LogP contribution is -2.33. The molecule has 7 nitrogen and oxygen atoms in total. The van der Waals surface area contributed by atoms with E-state index in [2.05, 4.69) is 0 Å². The molecule has 1 saturated heterocycles. The lowest BCUT2D eigenvalue weighted by Gasteiger charge is -2.18. The van der Waals surface area contributed by atoms with Crippen LogP contribution in [0.1, 0.15) is 37.4 Å². The van der Waals surface area contributed by atoms with Crippen molar-refractivity contribution in [2.75, 3.05) is 20.2 Å². The normalized spacial score (nSPS) is 16.4. The highest BCUT2D eigenvalue weighted by molar-refractivity contribution is 5.83. The summed E-state index contributed by atoms with van der Waals surface area (Å²) in [5.74, 6) is 0.381. The topological polar surface area (TPSA) is 65.7 Å². The Kier molecular flexibility index (Phi) is 6.33. The van der Waals surface area contributed by atoms with E-state index < -0.39 is 23.5 Å². The quantitative estimate of drug-likeness (QED) is 0.536. The van der Waals surface area contributed by atoms with Gasteiger partial charge in [-0.15, -0.1) is 0 Å². The number of aromatic nitrogens is 2. The lowest BCUT2D eigenvalue weighted by atomic mass is 10.1. The van der Waals surface area contributed by atoms with Crippen LogP contribution in [0.4, 0.5) is 18.0 Å². The Bertz CT molecular complexity index is 1260. The van der Waals surface area contributed by atoms with Crippen molar-refractivity contribution in [3.63, 3.8) is 0 Å². The van der Waals surface area contributed by atoms with E-state index in [0.717, 1.165) is 6.07 Å². The van der Waals surface area contributed by atoms with Gasteiger partial charge in [0, 0.05) is 13.1 Å².